The summed E-state index contributed by atoms with van der Waals surface area (Å²) in [5.41, 5.74) is 0. The maximum absolute atomic E-state index is 12.2. The van der Waals surface area contributed by atoms with Gasteiger partial charge >= 0.3 is 24.2 Å². The summed E-state index contributed by atoms with van der Waals surface area (Å²) < 4.78 is 85.7. The largest absolute Gasteiger partial charge is 0.476 e. The lowest BCUT2D eigenvalue weighted by Gasteiger charge is -2.26. The van der Waals surface area contributed by atoms with E-state index in [0.29, 0.717) is 0 Å². The van der Waals surface area contributed by atoms with Crippen molar-refractivity contribution in [1.29, 1.82) is 0 Å². The molecule has 15 heavy (non-hydrogen) atoms. The van der Waals surface area contributed by atoms with Crippen LogP contribution in [0.25, 0.3) is 0 Å². The molecule has 0 radical (unpaired) electrons. The first-order valence-electron chi connectivity index (χ1n) is 3.50. The highest BCUT2D eigenvalue weighted by molar-refractivity contribution is 5.69. The summed E-state index contributed by atoms with van der Waals surface area (Å²) in [7, 11) is 0. The highest BCUT2D eigenvalue weighted by Gasteiger charge is 2.76. The molecule has 0 aromatic heterocycles. The van der Waals surface area contributed by atoms with Gasteiger partial charge in [0.15, 0.2) is 0 Å². The van der Waals surface area contributed by atoms with Crippen LogP contribution in [0.3, 0.4) is 0 Å². The van der Waals surface area contributed by atoms with Gasteiger partial charge in [-0.2, -0.15) is 30.7 Å². The van der Waals surface area contributed by atoms with E-state index in [1.807, 2.05) is 0 Å². The van der Waals surface area contributed by atoms with E-state index in [1.54, 1.807) is 0 Å². The summed E-state index contributed by atoms with van der Waals surface area (Å²) in [5, 5.41) is 0. The molecule has 0 aliphatic rings. The van der Waals surface area contributed by atoms with E-state index in [2.05, 4.69) is 4.74 Å². The van der Waals surface area contributed by atoms with Gasteiger partial charge in [0.25, 0.3) is 0 Å². The van der Waals surface area contributed by atoms with E-state index < -0.39 is 30.6 Å². The molecule has 0 spiro atoms. The summed E-state index contributed by atoms with van der Waals surface area (Å²) >= 11 is 0. The Morgan fingerprint density at radius 2 is 1.47 bits per heavy atom. The third-order valence-corrected chi connectivity index (χ3v) is 1.25. The van der Waals surface area contributed by atoms with Crippen molar-refractivity contribution in [3.63, 3.8) is 0 Å². The molecule has 0 rings (SSSR count). The third-order valence-electron chi connectivity index (χ3n) is 1.25. The van der Waals surface area contributed by atoms with Crippen LogP contribution in [0.15, 0.2) is 0 Å². The van der Waals surface area contributed by atoms with E-state index in [1.165, 1.54) is 0 Å². The standard InChI is InChI=1S/C6H5F7O2/c1-2-3(14)15-6(12,13)4(7,8)5(9,10)11/h2H2,1H3. The second-order valence-electron chi connectivity index (χ2n) is 2.42. The topological polar surface area (TPSA) is 26.3 Å². The minimum atomic E-state index is -6.50. The molecule has 0 fully saturated rings. The van der Waals surface area contributed by atoms with Gasteiger partial charge in [0.1, 0.15) is 0 Å². The predicted octanol–water partition coefficient (Wildman–Crippen LogP) is 2.73. The molecule has 90 valence electrons. The molecule has 0 amide bonds. The van der Waals surface area contributed by atoms with Crippen LogP contribution in [0.4, 0.5) is 30.7 Å². The number of hydrogen-bond acceptors (Lipinski definition) is 2. The van der Waals surface area contributed by atoms with Crippen LogP contribution < -0.4 is 0 Å². The Labute approximate surface area is 79.0 Å². The molecule has 0 unspecified atom stereocenters. The molecule has 0 saturated heterocycles. The fourth-order valence-electron chi connectivity index (χ4n) is 0.444. The first-order chi connectivity index (χ1) is 6.45. The average Bonchev–Trinajstić information content (AvgIpc) is 2.00. The molecule has 9 heteroatoms. The molecule has 0 aliphatic carbocycles. The summed E-state index contributed by atoms with van der Waals surface area (Å²) in [6, 6.07) is 0. The average molecular weight is 242 g/mol. The Hall–Kier alpha value is -1.02. The van der Waals surface area contributed by atoms with Crippen molar-refractivity contribution < 1.29 is 40.3 Å². The molecule has 0 saturated carbocycles. The van der Waals surface area contributed by atoms with Crippen LogP contribution in [-0.4, -0.2) is 24.2 Å². The second kappa shape index (κ2) is 3.86. The van der Waals surface area contributed by atoms with Gasteiger partial charge in [-0.3, -0.25) is 4.79 Å². The second-order valence-corrected chi connectivity index (χ2v) is 2.42. The van der Waals surface area contributed by atoms with E-state index in [4.69, 9.17) is 0 Å². The Bertz CT molecular complexity index is 244. The van der Waals surface area contributed by atoms with E-state index in [9.17, 15) is 35.5 Å². The molecule has 0 heterocycles. The van der Waals surface area contributed by atoms with Gasteiger partial charge in [-0.25, -0.2) is 0 Å². The smallest absolute Gasteiger partial charge is 0.396 e. The number of rotatable bonds is 3. The highest BCUT2D eigenvalue weighted by Crippen LogP contribution is 2.47. The molecule has 0 bridgehead atoms. The fraction of sp³-hybridized carbons (Fsp3) is 0.833. The van der Waals surface area contributed by atoms with Crippen LogP contribution in [0.1, 0.15) is 13.3 Å². The molecule has 0 aromatic rings. The zero-order chi connectivity index (χ0) is 12.5. The minimum absolute atomic E-state index is 0.747. The van der Waals surface area contributed by atoms with Crippen molar-refractivity contribution in [2.75, 3.05) is 0 Å². The number of carbonyl (C=O) groups excluding carboxylic acids is 1. The Morgan fingerprint density at radius 1 is 1.07 bits per heavy atom. The minimum Gasteiger partial charge on any atom is -0.396 e. The lowest BCUT2D eigenvalue weighted by atomic mass is 10.3. The monoisotopic (exact) mass is 242 g/mol. The van der Waals surface area contributed by atoms with Crippen LogP contribution >= 0.6 is 0 Å². The van der Waals surface area contributed by atoms with Gasteiger partial charge in [-0.05, 0) is 0 Å². The Morgan fingerprint density at radius 3 is 1.73 bits per heavy atom. The molecule has 0 aliphatic heterocycles. The Balaban J connectivity index is 4.93. The lowest BCUT2D eigenvalue weighted by Crippen LogP contribution is -2.54. The van der Waals surface area contributed by atoms with Crippen molar-refractivity contribution in [3.8, 4) is 0 Å². The van der Waals surface area contributed by atoms with Crippen molar-refractivity contribution in [2.45, 2.75) is 31.6 Å². The zero-order valence-corrected chi connectivity index (χ0v) is 7.17. The molecule has 0 atom stereocenters. The van der Waals surface area contributed by atoms with Gasteiger partial charge in [-0.15, -0.1) is 0 Å². The maximum Gasteiger partial charge on any atom is 0.476 e. The SMILES string of the molecule is CCC(=O)OC(F)(F)C(F)(F)C(F)(F)F. The summed E-state index contributed by atoms with van der Waals surface area (Å²) in [5.74, 6) is -8.27. The molecule has 0 aromatic carbocycles. The van der Waals surface area contributed by atoms with Gasteiger partial charge in [-0.1, -0.05) is 6.92 Å². The zero-order valence-electron chi connectivity index (χ0n) is 7.17. The van der Waals surface area contributed by atoms with Gasteiger partial charge in [0.05, 0.1) is 0 Å². The first-order valence-corrected chi connectivity index (χ1v) is 3.50. The number of halogens is 7. The number of carbonyl (C=O) groups is 1. The molecule has 2 nitrogen and oxygen atoms in total. The third kappa shape index (κ3) is 2.72. The highest BCUT2D eigenvalue weighted by atomic mass is 19.4. The molecule has 0 N–H and O–H groups in total. The summed E-state index contributed by atoms with van der Waals surface area (Å²) in [4.78, 5) is 10.2. The molecular formula is C6H5F7O2. The predicted molar refractivity (Wildman–Crippen MR) is 32.3 cm³/mol. The van der Waals surface area contributed by atoms with Crippen LogP contribution in [0.2, 0.25) is 0 Å². The van der Waals surface area contributed by atoms with Crippen LogP contribution in [0.5, 0.6) is 0 Å². The first kappa shape index (κ1) is 14.0. The van der Waals surface area contributed by atoms with E-state index in [0.717, 1.165) is 6.92 Å². The van der Waals surface area contributed by atoms with Crippen molar-refractivity contribution in [1.82, 2.24) is 0 Å². The summed E-state index contributed by atoms with van der Waals surface area (Å²) in [6.07, 6.45) is -13.1. The van der Waals surface area contributed by atoms with Crippen LogP contribution in [-0.2, 0) is 9.53 Å². The van der Waals surface area contributed by atoms with Crippen molar-refractivity contribution in [3.05, 3.63) is 0 Å². The fourth-order valence-corrected chi connectivity index (χ4v) is 0.444. The number of ether oxygens (including phenoxy) is 1. The normalized spacial score (nSPS) is 13.9. The Kier molecular flexibility index (Phi) is 3.59. The van der Waals surface area contributed by atoms with Crippen molar-refractivity contribution in [2.24, 2.45) is 0 Å². The summed E-state index contributed by atoms with van der Waals surface area (Å²) in [6.45, 7) is 0.962. The van der Waals surface area contributed by atoms with Crippen LogP contribution in [0, 0.1) is 0 Å². The number of hydrogen-bond donors (Lipinski definition) is 0. The number of alkyl halides is 7. The number of esters is 1. The van der Waals surface area contributed by atoms with Gasteiger partial charge < -0.3 is 4.74 Å². The maximum atomic E-state index is 12.2. The quantitative estimate of drug-likeness (QED) is 0.561. The van der Waals surface area contributed by atoms with E-state index in [-0.39, 0.29) is 0 Å². The molecular weight excluding hydrogens is 237 g/mol. The lowest BCUT2D eigenvalue weighted by molar-refractivity contribution is -0.412. The van der Waals surface area contributed by atoms with E-state index >= 15 is 0 Å². The van der Waals surface area contributed by atoms with Gasteiger partial charge in [0, 0.05) is 6.42 Å². The van der Waals surface area contributed by atoms with Gasteiger partial charge in [0.2, 0.25) is 0 Å². The van der Waals surface area contributed by atoms with Crippen molar-refractivity contribution >= 4 is 5.97 Å².